The molecule has 0 bridgehead atoms. The van der Waals surface area contributed by atoms with Crippen LogP contribution < -0.4 is 9.64 Å². The number of anilines is 1. The fourth-order valence-corrected chi connectivity index (χ4v) is 6.82. The third-order valence-electron chi connectivity index (χ3n) is 7.05. The van der Waals surface area contributed by atoms with E-state index < -0.39 is 16.6 Å². The number of fused-ring (bicyclic) bond motifs is 1. The summed E-state index contributed by atoms with van der Waals surface area (Å²) in [7, 11) is -3.16. The van der Waals surface area contributed by atoms with Crippen LogP contribution in [-0.2, 0) is 26.1 Å². The molecule has 0 aliphatic carbocycles. The number of nitrogens with zero attached hydrogens (tertiary/aromatic N) is 5. The summed E-state index contributed by atoms with van der Waals surface area (Å²) >= 11 is 1.70. The van der Waals surface area contributed by atoms with Gasteiger partial charge in [0.1, 0.15) is 12.4 Å². The van der Waals surface area contributed by atoms with Gasteiger partial charge in [-0.3, -0.25) is 9.69 Å². The van der Waals surface area contributed by atoms with Crippen molar-refractivity contribution in [3.63, 3.8) is 0 Å². The van der Waals surface area contributed by atoms with Crippen LogP contribution >= 0.6 is 11.3 Å². The van der Waals surface area contributed by atoms with Crippen LogP contribution in [0.25, 0.3) is 21.6 Å². The van der Waals surface area contributed by atoms with Crippen LogP contribution in [0.1, 0.15) is 17.7 Å². The average Bonchev–Trinajstić information content (AvgIpc) is 3.37. The lowest BCUT2D eigenvalue weighted by Gasteiger charge is -2.32. The molecule has 0 amide bonds. The molecule has 1 aromatic carbocycles. The highest BCUT2D eigenvalue weighted by Gasteiger charge is 2.25. The van der Waals surface area contributed by atoms with Gasteiger partial charge in [0.25, 0.3) is 0 Å². The second-order valence-corrected chi connectivity index (χ2v) is 13.1. The van der Waals surface area contributed by atoms with Gasteiger partial charge in [-0.15, -0.1) is 11.3 Å². The van der Waals surface area contributed by atoms with Gasteiger partial charge in [0, 0.05) is 62.7 Å². The molecule has 1 N–H and O–H groups in total. The molecule has 0 unspecified atom stereocenters. The van der Waals surface area contributed by atoms with Crippen LogP contribution in [0.2, 0.25) is 0 Å². The standard InChI is InChI=1S/C27H35N5O6S2/c1-40(35,36)32-10-8-30(9-11-32)18-23-17-24-25(39-23)27(31-12-15-37-16-13-31)29-26(28-24)20-4-6-22(7-5-20)38-14-2-3-21(34)19-33/h4-7,17,33H,2-3,8-16,18-19H2,1H3. The van der Waals surface area contributed by atoms with Gasteiger partial charge in [-0.25, -0.2) is 18.4 Å². The zero-order valence-corrected chi connectivity index (χ0v) is 24.3. The van der Waals surface area contributed by atoms with E-state index in [0.717, 1.165) is 41.2 Å². The molecule has 2 saturated heterocycles. The number of hydrogen-bond acceptors (Lipinski definition) is 11. The lowest BCUT2D eigenvalue weighted by atomic mass is 10.2. The fourth-order valence-electron chi connectivity index (χ4n) is 4.84. The number of benzene rings is 1. The Balaban J connectivity index is 1.34. The predicted octanol–water partition coefficient (Wildman–Crippen LogP) is 1.99. The Kier molecular flexibility index (Phi) is 9.28. The third-order valence-corrected chi connectivity index (χ3v) is 9.46. The minimum atomic E-state index is -3.16. The fraction of sp³-hybridized carbons (Fsp3) is 0.519. The van der Waals surface area contributed by atoms with E-state index in [2.05, 4.69) is 15.9 Å². The molecule has 3 aromatic rings. The molecule has 216 valence electrons. The predicted molar refractivity (Wildman–Crippen MR) is 154 cm³/mol. The van der Waals surface area contributed by atoms with Crippen LogP contribution in [0.3, 0.4) is 0 Å². The zero-order valence-electron chi connectivity index (χ0n) is 22.6. The number of carbonyl (C=O) groups is 1. The highest BCUT2D eigenvalue weighted by atomic mass is 32.2. The van der Waals surface area contributed by atoms with Gasteiger partial charge in [0.05, 0.1) is 36.3 Å². The zero-order chi connectivity index (χ0) is 28.1. The Bertz CT molecular complexity index is 1420. The average molecular weight is 590 g/mol. The number of aromatic nitrogens is 2. The first-order valence-electron chi connectivity index (χ1n) is 13.5. The molecule has 0 radical (unpaired) electrons. The maximum absolute atomic E-state index is 11.9. The van der Waals surface area contributed by atoms with Crippen molar-refractivity contribution >= 4 is 43.2 Å². The van der Waals surface area contributed by atoms with Crippen LogP contribution in [0.5, 0.6) is 5.75 Å². The van der Waals surface area contributed by atoms with Gasteiger partial charge >= 0.3 is 0 Å². The van der Waals surface area contributed by atoms with Crippen molar-refractivity contribution in [2.75, 3.05) is 76.9 Å². The normalized spacial score (nSPS) is 17.4. The molecular weight excluding hydrogens is 554 g/mol. The van der Waals surface area contributed by atoms with Crippen molar-refractivity contribution in [2.24, 2.45) is 0 Å². The van der Waals surface area contributed by atoms with Gasteiger partial charge in [-0.1, -0.05) is 0 Å². The second kappa shape index (κ2) is 12.9. The van der Waals surface area contributed by atoms with Crippen LogP contribution in [-0.4, -0.2) is 110 Å². The number of piperazine rings is 1. The van der Waals surface area contributed by atoms with Gasteiger partial charge in [-0.05, 0) is 36.8 Å². The number of ketones is 1. The molecule has 0 atom stereocenters. The third kappa shape index (κ3) is 7.14. The van der Waals surface area contributed by atoms with E-state index in [-0.39, 0.29) is 5.78 Å². The maximum atomic E-state index is 11.9. The Labute approximate surface area is 238 Å². The Hall–Kier alpha value is -2.68. The quantitative estimate of drug-likeness (QED) is 0.332. The molecule has 5 rings (SSSR count). The molecule has 11 nitrogen and oxygen atoms in total. The number of ether oxygens (including phenoxy) is 2. The summed E-state index contributed by atoms with van der Waals surface area (Å²) in [6.07, 6.45) is 2.12. The molecule has 2 aliphatic heterocycles. The van der Waals surface area contributed by atoms with Crippen molar-refractivity contribution in [1.82, 2.24) is 19.2 Å². The first-order chi connectivity index (χ1) is 19.3. The van der Waals surface area contributed by atoms with Crippen molar-refractivity contribution in [3.8, 4) is 17.1 Å². The molecule has 2 aliphatic rings. The number of hydrogen-bond donors (Lipinski definition) is 1. The SMILES string of the molecule is CS(=O)(=O)N1CCN(Cc2cc3nc(-c4ccc(OCCCC(=O)CO)cc4)nc(N4CCOCC4)c3s2)CC1. The summed E-state index contributed by atoms with van der Waals surface area (Å²) < 4.78 is 37.7. The summed E-state index contributed by atoms with van der Waals surface area (Å²) in [6.45, 7) is 5.94. The van der Waals surface area contributed by atoms with Crippen molar-refractivity contribution in [1.29, 1.82) is 0 Å². The topological polar surface area (TPSA) is 125 Å². The summed E-state index contributed by atoms with van der Waals surface area (Å²) in [6, 6.07) is 9.75. The monoisotopic (exact) mass is 589 g/mol. The number of rotatable bonds is 11. The lowest BCUT2D eigenvalue weighted by molar-refractivity contribution is -0.121. The first kappa shape index (κ1) is 28.8. The van der Waals surface area contributed by atoms with Gasteiger partial charge in [-0.2, -0.15) is 4.31 Å². The van der Waals surface area contributed by atoms with Gasteiger partial charge in [0.15, 0.2) is 17.4 Å². The Morgan fingerprint density at radius 1 is 1.07 bits per heavy atom. The Morgan fingerprint density at radius 2 is 1.80 bits per heavy atom. The number of thiophene rings is 1. The smallest absolute Gasteiger partial charge is 0.211 e. The van der Waals surface area contributed by atoms with E-state index >= 15 is 0 Å². The van der Waals surface area contributed by atoms with E-state index in [4.69, 9.17) is 24.5 Å². The van der Waals surface area contributed by atoms with E-state index in [0.29, 0.717) is 70.4 Å². The molecule has 40 heavy (non-hydrogen) atoms. The molecule has 2 fully saturated rings. The number of morpholine rings is 1. The van der Waals surface area contributed by atoms with Gasteiger partial charge < -0.3 is 19.5 Å². The highest BCUT2D eigenvalue weighted by Crippen LogP contribution is 2.35. The molecule has 0 spiro atoms. The van der Waals surface area contributed by atoms with Crippen LogP contribution in [0.4, 0.5) is 5.82 Å². The minimum Gasteiger partial charge on any atom is -0.494 e. The number of Topliss-reactive ketones (excluding diaryl/α,β-unsaturated/α-hetero) is 1. The van der Waals surface area contributed by atoms with Crippen LogP contribution in [0.15, 0.2) is 30.3 Å². The molecular formula is C27H35N5O6S2. The van der Waals surface area contributed by atoms with E-state index in [9.17, 15) is 13.2 Å². The largest absolute Gasteiger partial charge is 0.494 e. The minimum absolute atomic E-state index is 0.186. The molecule has 2 aromatic heterocycles. The molecule has 4 heterocycles. The summed E-state index contributed by atoms with van der Waals surface area (Å²) in [5, 5.41) is 8.83. The highest BCUT2D eigenvalue weighted by molar-refractivity contribution is 7.88. The summed E-state index contributed by atoms with van der Waals surface area (Å²) in [5.41, 5.74) is 1.78. The lowest BCUT2D eigenvalue weighted by Crippen LogP contribution is -2.47. The maximum Gasteiger partial charge on any atom is 0.211 e. The second-order valence-electron chi connectivity index (χ2n) is 10.0. The van der Waals surface area contributed by atoms with Crippen LogP contribution in [0, 0.1) is 0 Å². The van der Waals surface area contributed by atoms with Crippen molar-refractivity contribution in [2.45, 2.75) is 19.4 Å². The molecule has 13 heteroatoms. The summed E-state index contributed by atoms with van der Waals surface area (Å²) in [5.74, 6) is 2.06. The number of aliphatic hydroxyl groups is 1. The summed E-state index contributed by atoms with van der Waals surface area (Å²) in [4.78, 5) is 26.9. The van der Waals surface area contributed by atoms with Gasteiger partial charge in [0.2, 0.25) is 10.0 Å². The first-order valence-corrected chi connectivity index (χ1v) is 16.1. The Morgan fingerprint density at radius 3 is 2.48 bits per heavy atom. The van der Waals surface area contributed by atoms with Crippen molar-refractivity contribution < 1.29 is 27.8 Å². The van der Waals surface area contributed by atoms with E-state index in [1.54, 1.807) is 11.3 Å². The number of sulfonamides is 1. The number of carbonyl (C=O) groups excluding carboxylic acids is 1. The number of aliphatic hydroxyl groups excluding tert-OH is 1. The molecule has 0 saturated carbocycles. The van der Waals surface area contributed by atoms with Crippen molar-refractivity contribution in [3.05, 3.63) is 35.2 Å². The van der Waals surface area contributed by atoms with E-state index in [1.165, 1.54) is 15.4 Å². The van der Waals surface area contributed by atoms with E-state index in [1.807, 2.05) is 24.3 Å².